The number of carbonyl (C=O) groups is 4. The van der Waals surface area contributed by atoms with E-state index in [4.69, 9.17) is 4.74 Å². The highest BCUT2D eigenvalue weighted by Gasteiger charge is 2.29. The first-order chi connectivity index (χ1) is 16.5. The van der Waals surface area contributed by atoms with E-state index in [1.54, 1.807) is 25.3 Å². The largest absolute Gasteiger partial charge is 0.463 e. The van der Waals surface area contributed by atoms with Crippen molar-refractivity contribution in [3.63, 3.8) is 0 Å². The van der Waals surface area contributed by atoms with Crippen LogP contribution in [-0.4, -0.2) is 53.9 Å². The van der Waals surface area contributed by atoms with Crippen molar-refractivity contribution in [2.75, 3.05) is 13.2 Å². The lowest BCUT2D eigenvalue weighted by atomic mass is 9.97. The number of benzene rings is 1. The molecule has 3 amide bonds. The van der Waals surface area contributed by atoms with Gasteiger partial charge in [-0.25, -0.2) is 4.79 Å². The molecule has 1 aliphatic rings. The van der Waals surface area contributed by atoms with Gasteiger partial charge < -0.3 is 25.7 Å². The van der Waals surface area contributed by atoms with E-state index < -0.39 is 29.9 Å². The monoisotopic (exact) mass is 466 g/mol. The van der Waals surface area contributed by atoms with Gasteiger partial charge in [0.25, 0.3) is 5.91 Å². The number of rotatable bonds is 11. The summed E-state index contributed by atoms with van der Waals surface area (Å²) in [6, 6.07) is 11.2. The first kappa shape index (κ1) is 24.8. The summed E-state index contributed by atoms with van der Waals surface area (Å²) < 4.78 is 4.93. The van der Waals surface area contributed by atoms with Gasteiger partial charge in [-0.2, -0.15) is 0 Å². The fourth-order valence-corrected chi connectivity index (χ4v) is 3.80. The lowest BCUT2D eigenvalue weighted by Gasteiger charge is -2.23. The van der Waals surface area contributed by atoms with Crippen LogP contribution in [0, 0.1) is 5.92 Å². The van der Waals surface area contributed by atoms with Crippen molar-refractivity contribution < 1.29 is 23.9 Å². The van der Waals surface area contributed by atoms with Crippen LogP contribution in [0.2, 0.25) is 0 Å². The first-order valence-corrected chi connectivity index (χ1v) is 11.4. The highest BCUT2D eigenvalue weighted by atomic mass is 16.5. The van der Waals surface area contributed by atoms with Crippen LogP contribution in [0.15, 0.2) is 60.8 Å². The molecule has 0 radical (unpaired) electrons. The van der Waals surface area contributed by atoms with Crippen molar-refractivity contribution >= 4 is 23.7 Å². The molecule has 0 spiro atoms. The number of carbonyl (C=O) groups excluding carboxylic acids is 4. The molecule has 3 unspecified atom stereocenters. The highest BCUT2D eigenvalue weighted by molar-refractivity contribution is 5.96. The van der Waals surface area contributed by atoms with Crippen molar-refractivity contribution in [3.05, 3.63) is 72.1 Å². The maximum absolute atomic E-state index is 13.3. The van der Waals surface area contributed by atoms with Gasteiger partial charge in [-0.1, -0.05) is 36.4 Å². The number of ether oxygens (including phenoxy) is 1. The molecule has 0 bridgehead atoms. The Kier molecular flexibility index (Phi) is 9.02. The summed E-state index contributed by atoms with van der Waals surface area (Å²) in [7, 11) is 0. The highest BCUT2D eigenvalue weighted by Crippen LogP contribution is 2.17. The number of hydrogen-bond acceptors (Lipinski definition) is 5. The van der Waals surface area contributed by atoms with Crippen LogP contribution in [-0.2, 0) is 25.5 Å². The Morgan fingerprint density at radius 3 is 2.59 bits per heavy atom. The smallest absolute Gasteiger partial charge is 0.330 e. The summed E-state index contributed by atoms with van der Waals surface area (Å²) in [6.45, 7) is 2.51. The lowest BCUT2D eigenvalue weighted by Crippen LogP contribution is -2.51. The van der Waals surface area contributed by atoms with Crippen LogP contribution < -0.4 is 16.0 Å². The molecule has 0 saturated carbocycles. The molecule has 34 heavy (non-hydrogen) atoms. The minimum absolute atomic E-state index is 0.0790. The molecule has 4 N–H and O–H groups in total. The molecule has 1 aromatic carbocycles. The van der Waals surface area contributed by atoms with E-state index in [-0.39, 0.29) is 24.9 Å². The summed E-state index contributed by atoms with van der Waals surface area (Å²) >= 11 is 0. The molecule has 9 heteroatoms. The maximum Gasteiger partial charge on any atom is 0.330 e. The summed E-state index contributed by atoms with van der Waals surface area (Å²) in [5.74, 6) is -1.71. The van der Waals surface area contributed by atoms with Crippen molar-refractivity contribution in [2.24, 2.45) is 5.92 Å². The Morgan fingerprint density at radius 1 is 1.15 bits per heavy atom. The van der Waals surface area contributed by atoms with E-state index in [1.165, 1.54) is 12.2 Å². The van der Waals surface area contributed by atoms with Gasteiger partial charge in [-0.3, -0.25) is 14.4 Å². The molecule has 2 aromatic rings. The second-order valence-corrected chi connectivity index (χ2v) is 8.04. The average molecular weight is 467 g/mol. The number of nitrogens with one attached hydrogen (secondary N) is 4. The molecule has 1 fully saturated rings. The second-order valence-electron chi connectivity index (χ2n) is 8.04. The van der Waals surface area contributed by atoms with Gasteiger partial charge in [0.1, 0.15) is 11.7 Å². The number of H-pyrrole nitrogens is 1. The number of esters is 1. The Labute approximate surface area is 198 Å². The normalized spacial score (nSPS) is 17.1. The number of hydrogen-bond donors (Lipinski definition) is 4. The van der Waals surface area contributed by atoms with E-state index in [1.807, 2.05) is 30.3 Å². The third-order valence-corrected chi connectivity index (χ3v) is 5.53. The molecule has 9 nitrogen and oxygen atoms in total. The minimum atomic E-state index is -0.867. The van der Waals surface area contributed by atoms with Crippen LogP contribution in [0.5, 0.6) is 0 Å². The quantitative estimate of drug-likeness (QED) is 0.295. The van der Waals surface area contributed by atoms with Gasteiger partial charge in [-0.15, -0.1) is 0 Å². The van der Waals surface area contributed by atoms with Crippen molar-refractivity contribution in [2.45, 2.75) is 38.3 Å². The van der Waals surface area contributed by atoms with E-state index in [2.05, 4.69) is 20.9 Å². The number of aromatic nitrogens is 1. The predicted molar refractivity (Wildman–Crippen MR) is 126 cm³/mol. The number of amides is 3. The topological polar surface area (TPSA) is 129 Å². The van der Waals surface area contributed by atoms with Gasteiger partial charge in [0.2, 0.25) is 11.8 Å². The molecule has 2 heterocycles. The molecule has 3 rings (SSSR count). The zero-order valence-corrected chi connectivity index (χ0v) is 19.1. The summed E-state index contributed by atoms with van der Waals surface area (Å²) in [6.07, 6.45) is 5.67. The SMILES string of the molecule is CCOC(=O)/C=C/C(CC1CCNC1=O)NC(=O)C(Cc1ccccc1)NC(=O)c1ccc[nH]1. The standard InChI is InChI=1S/C25H30N4O5/c1-2-34-22(30)11-10-19(16-18-12-14-27-23(18)31)28-25(33)21(15-17-7-4-3-5-8-17)29-24(32)20-9-6-13-26-20/h3-11,13,18-19,21,26H,2,12,14-16H2,1H3,(H,27,31)(H,28,33)(H,29,32)/b11-10+. The van der Waals surface area contributed by atoms with Gasteiger partial charge in [-0.05, 0) is 37.5 Å². The fourth-order valence-electron chi connectivity index (χ4n) is 3.80. The molecular weight excluding hydrogens is 436 g/mol. The number of aromatic amines is 1. The van der Waals surface area contributed by atoms with E-state index >= 15 is 0 Å². The van der Waals surface area contributed by atoms with E-state index in [0.29, 0.717) is 25.1 Å². The summed E-state index contributed by atoms with van der Waals surface area (Å²) in [5.41, 5.74) is 1.22. The summed E-state index contributed by atoms with van der Waals surface area (Å²) in [5, 5.41) is 8.46. The molecule has 3 atom stereocenters. The van der Waals surface area contributed by atoms with Crippen LogP contribution in [0.3, 0.4) is 0 Å². The van der Waals surface area contributed by atoms with Crippen molar-refractivity contribution in [3.8, 4) is 0 Å². The van der Waals surface area contributed by atoms with Crippen LogP contribution >= 0.6 is 0 Å². The molecule has 1 aliphatic heterocycles. The minimum Gasteiger partial charge on any atom is -0.463 e. The molecule has 0 aliphatic carbocycles. The van der Waals surface area contributed by atoms with E-state index in [0.717, 1.165) is 5.56 Å². The third kappa shape index (κ3) is 7.33. The molecule has 1 aromatic heterocycles. The average Bonchev–Trinajstić information content (AvgIpc) is 3.50. The van der Waals surface area contributed by atoms with Crippen LogP contribution in [0.1, 0.15) is 35.8 Å². The third-order valence-electron chi connectivity index (χ3n) is 5.53. The second kappa shape index (κ2) is 12.4. The van der Waals surface area contributed by atoms with Crippen molar-refractivity contribution in [1.82, 2.24) is 20.9 Å². The Bertz CT molecular complexity index is 1000. The molecule has 1 saturated heterocycles. The lowest BCUT2D eigenvalue weighted by molar-refractivity contribution is -0.137. The fraction of sp³-hybridized carbons (Fsp3) is 0.360. The van der Waals surface area contributed by atoms with Crippen molar-refractivity contribution in [1.29, 1.82) is 0 Å². The van der Waals surface area contributed by atoms with E-state index in [9.17, 15) is 19.2 Å². The Balaban J connectivity index is 1.76. The predicted octanol–water partition coefficient (Wildman–Crippen LogP) is 1.49. The van der Waals surface area contributed by atoms with Gasteiger partial charge >= 0.3 is 5.97 Å². The Morgan fingerprint density at radius 2 is 1.94 bits per heavy atom. The molecule has 180 valence electrons. The summed E-state index contributed by atoms with van der Waals surface area (Å²) in [4.78, 5) is 52.7. The van der Waals surface area contributed by atoms with Gasteiger partial charge in [0.05, 0.1) is 6.61 Å². The zero-order chi connectivity index (χ0) is 24.3. The zero-order valence-electron chi connectivity index (χ0n) is 19.1. The van der Waals surface area contributed by atoms with Gasteiger partial charge in [0.15, 0.2) is 0 Å². The Hall–Kier alpha value is -3.88. The first-order valence-electron chi connectivity index (χ1n) is 11.4. The van der Waals surface area contributed by atoms with Crippen LogP contribution in [0.4, 0.5) is 0 Å². The van der Waals surface area contributed by atoms with Crippen LogP contribution in [0.25, 0.3) is 0 Å². The molecular formula is C25H30N4O5. The maximum atomic E-state index is 13.3. The van der Waals surface area contributed by atoms with Gasteiger partial charge in [0, 0.05) is 37.2 Å².